The van der Waals surface area contributed by atoms with E-state index in [4.69, 9.17) is 26.8 Å². The van der Waals surface area contributed by atoms with E-state index in [2.05, 4.69) is 15.9 Å². The topological polar surface area (TPSA) is 77.8 Å². The monoisotopic (exact) mass is 278 g/mol. The van der Waals surface area contributed by atoms with Crippen molar-refractivity contribution >= 4 is 46.1 Å². The van der Waals surface area contributed by atoms with Gasteiger partial charge >= 0.3 is 13.1 Å². The molecule has 0 aliphatic heterocycles. The Morgan fingerprint density at radius 3 is 2.43 bits per heavy atom. The van der Waals surface area contributed by atoms with Crippen LogP contribution in [-0.2, 0) is 0 Å². The Kier molecular flexibility index (Phi) is 3.55. The van der Waals surface area contributed by atoms with E-state index in [9.17, 15) is 4.79 Å². The van der Waals surface area contributed by atoms with E-state index in [1.807, 2.05) is 0 Å². The molecule has 0 spiro atoms. The highest BCUT2D eigenvalue weighted by molar-refractivity contribution is 9.10. The van der Waals surface area contributed by atoms with Crippen LogP contribution in [0.15, 0.2) is 16.6 Å². The molecule has 0 bridgehead atoms. The maximum absolute atomic E-state index is 10.7. The molecule has 74 valence electrons. The standard InChI is InChI=1S/C7H5BBrClO4/c9-6-3(7(11)12)1-2-4(10)5(6)8(13)14/h1-2,13-14H,(H,11,12). The Balaban J connectivity index is 3.41. The van der Waals surface area contributed by atoms with E-state index in [-0.39, 0.29) is 20.5 Å². The molecular formula is C7H5BBrClO4. The molecule has 0 atom stereocenters. The summed E-state index contributed by atoms with van der Waals surface area (Å²) in [4.78, 5) is 10.7. The maximum Gasteiger partial charge on any atom is 0.491 e. The zero-order valence-electron chi connectivity index (χ0n) is 6.74. The molecule has 0 aliphatic rings. The van der Waals surface area contributed by atoms with E-state index in [1.54, 1.807) is 0 Å². The highest BCUT2D eigenvalue weighted by Gasteiger charge is 2.23. The third-order valence-corrected chi connectivity index (χ3v) is 2.80. The first kappa shape index (κ1) is 11.5. The van der Waals surface area contributed by atoms with Crippen molar-refractivity contribution in [2.75, 3.05) is 0 Å². The van der Waals surface area contributed by atoms with Crippen molar-refractivity contribution in [3.63, 3.8) is 0 Å². The average Bonchev–Trinajstić information content (AvgIpc) is 2.02. The third-order valence-electron chi connectivity index (χ3n) is 1.62. The highest BCUT2D eigenvalue weighted by atomic mass is 79.9. The van der Waals surface area contributed by atoms with Crippen molar-refractivity contribution in [1.29, 1.82) is 0 Å². The zero-order valence-corrected chi connectivity index (χ0v) is 9.08. The lowest BCUT2D eigenvalue weighted by Gasteiger charge is -2.08. The maximum atomic E-state index is 10.7. The molecule has 3 N–H and O–H groups in total. The minimum absolute atomic E-state index is 0.0495. The summed E-state index contributed by atoms with van der Waals surface area (Å²) in [5.41, 5.74) is -0.121. The lowest BCUT2D eigenvalue weighted by atomic mass is 9.79. The smallest absolute Gasteiger partial charge is 0.478 e. The minimum Gasteiger partial charge on any atom is -0.478 e. The lowest BCUT2D eigenvalue weighted by molar-refractivity contribution is 0.0696. The van der Waals surface area contributed by atoms with Crippen LogP contribution in [0, 0.1) is 0 Å². The van der Waals surface area contributed by atoms with E-state index in [0.29, 0.717) is 0 Å². The van der Waals surface area contributed by atoms with Gasteiger partial charge in [0.25, 0.3) is 0 Å². The van der Waals surface area contributed by atoms with Crippen molar-refractivity contribution in [3.8, 4) is 0 Å². The normalized spacial score (nSPS) is 10.0. The van der Waals surface area contributed by atoms with E-state index >= 15 is 0 Å². The number of hydrogen-bond acceptors (Lipinski definition) is 3. The van der Waals surface area contributed by atoms with Gasteiger partial charge in [0.1, 0.15) is 0 Å². The summed E-state index contributed by atoms with van der Waals surface area (Å²) in [5, 5.41) is 26.7. The van der Waals surface area contributed by atoms with Gasteiger partial charge < -0.3 is 15.2 Å². The molecule has 0 heterocycles. The molecule has 0 amide bonds. The predicted octanol–water partition coefficient (Wildman–Crippen LogP) is 0.480. The van der Waals surface area contributed by atoms with E-state index in [0.717, 1.165) is 0 Å². The molecule has 0 unspecified atom stereocenters. The molecular weight excluding hydrogens is 274 g/mol. The summed E-state index contributed by atoms with van der Waals surface area (Å²) in [7, 11) is -1.81. The predicted molar refractivity (Wildman–Crippen MR) is 55.9 cm³/mol. The largest absolute Gasteiger partial charge is 0.491 e. The molecule has 0 aliphatic carbocycles. The van der Waals surface area contributed by atoms with Crippen molar-refractivity contribution in [3.05, 3.63) is 27.2 Å². The van der Waals surface area contributed by atoms with Crippen LogP contribution in [0.1, 0.15) is 10.4 Å². The van der Waals surface area contributed by atoms with Gasteiger partial charge in [0.05, 0.1) is 5.56 Å². The number of halogens is 2. The molecule has 1 aromatic carbocycles. The third kappa shape index (κ3) is 2.09. The van der Waals surface area contributed by atoms with Crippen LogP contribution in [0.25, 0.3) is 0 Å². The van der Waals surface area contributed by atoms with E-state index in [1.165, 1.54) is 12.1 Å². The second-order valence-corrected chi connectivity index (χ2v) is 3.70. The first-order valence-corrected chi connectivity index (χ1v) is 4.69. The molecule has 7 heteroatoms. The van der Waals surface area contributed by atoms with Gasteiger partial charge in [-0.2, -0.15) is 0 Å². The Morgan fingerprint density at radius 2 is 2.00 bits per heavy atom. The molecule has 0 fully saturated rings. The number of benzene rings is 1. The van der Waals surface area contributed by atoms with Crippen LogP contribution < -0.4 is 5.46 Å². The second-order valence-electron chi connectivity index (χ2n) is 2.50. The summed E-state index contributed by atoms with van der Waals surface area (Å²) < 4.78 is 0.0764. The van der Waals surface area contributed by atoms with Crippen LogP contribution in [0.4, 0.5) is 0 Å². The van der Waals surface area contributed by atoms with Gasteiger partial charge in [-0.3, -0.25) is 0 Å². The molecule has 0 aromatic heterocycles. The first-order valence-electron chi connectivity index (χ1n) is 3.52. The van der Waals surface area contributed by atoms with Gasteiger partial charge in [-0.1, -0.05) is 27.5 Å². The minimum atomic E-state index is -1.81. The summed E-state index contributed by atoms with van der Waals surface area (Å²) in [6.45, 7) is 0. The van der Waals surface area contributed by atoms with Gasteiger partial charge in [0.2, 0.25) is 0 Å². The van der Waals surface area contributed by atoms with Crippen molar-refractivity contribution < 1.29 is 19.9 Å². The molecule has 1 rings (SSSR count). The number of carbonyl (C=O) groups is 1. The van der Waals surface area contributed by atoms with Crippen LogP contribution in [0.2, 0.25) is 5.02 Å². The molecule has 14 heavy (non-hydrogen) atoms. The van der Waals surface area contributed by atoms with Gasteiger partial charge in [-0.05, 0) is 12.1 Å². The van der Waals surface area contributed by atoms with Gasteiger partial charge in [0, 0.05) is 15.0 Å². The average molecular weight is 279 g/mol. The quantitative estimate of drug-likeness (QED) is 0.688. The number of rotatable bonds is 2. The fourth-order valence-corrected chi connectivity index (χ4v) is 2.06. The van der Waals surface area contributed by atoms with Crippen molar-refractivity contribution in [2.45, 2.75) is 0 Å². The number of carboxylic acids is 1. The van der Waals surface area contributed by atoms with Crippen LogP contribution in [-0.4, -0.2) is 28.2 Å². The molecule has 1 aromatic rings. The Morgan fingerprint density at radius 1 is 1.43 bits per heavy atom. The van der Waals surface area contributed by atoms with Gasteiger partial charge in [0.15, 0.2) is 0 Å². The van der Waals surface area contributed by atoms with Crippen molar-refractivity contribution in [1.82, 2.24) is 0 Å². The molecule has 0 saturated heterocycles. The highest BCUT2D eigenvalue weighted by Crippen LogP contribution is 2.19. The summed E-state index contributed by atoms with van der Waals surface area (Å²) >= 11 is 8.61. The second kappa shape index (κ2) is 4.31. The van der Waals surface area contributed by atoms with Gasteiger partial charge in [-0.15, -0.1) is 0 Å². The number of hydrogen-bond donors (Lipinski definition) is 3. The number of carboxylic acid groups (broad SMARTS) is 1. The summed E-state index contributed by atoms with van der Waals surface area (Å²) in [5.74, 6) is -1.17. The SMILES string of the molecule is O=C(O)c1ccc(Cl)c(B(O)O)c1Br. The molecule has 0 radical (unpaired) electrons. The lowest BCUT2D eigenvalue weighted by Crippen LogP contribution is -2.33. The fraction of sp³-hybridized carbons (Fsp3) is 0. The Labute approximate surface area is 93.4 Å². The zero-order chi connectivity index (χ0) is 10.9. The summed E-state index contributed by atoms with van der Waals surface area (Å²) in [6, 6.07) is 2.57. The first-order chi connectivity index (χ1) is 6.45. The van der Waals surface area contributed by atoms with Crippen molar-refractivity contribution in [2.24, 2.45) is 0 Å². The Hall–Kier alpha value is -0.555. The van der Waals surface area contributed by atoms with Crippen LogP contribution in [0.5, 0.6) is 0 Å². The van der Waals surface area contributed by atoms with Crippen LogP contribution in [0.3, 0.4) is 0 Å². The van der Waals surface area contributed by atoms with E-state index < -0.39 is 13.1 Å². The molecule has 0 saturated carbocycles. The fourth-order valence-electron chi connectivity index (χ4n) is 0.971. The number of aromatic carboxylic acids is 1. The summed E-state index contributed by atoms with van der Waals surface area (Å²) in [6.07, 6.45) is 0. The molecule has 4 nitrogen and oxygen atoms in total. The Bertz CT molecular complexity index is 382. The van der Waals surface area contributed by atoms with Gasteiger partial charge in [-0.25, -0.2) is 4.79 Å². The van der Waals surface area contributed by atoms with Crippen LogP contribution >= 0.6 is 27.5 Å².